The van der Waals surface area contributed by atoms with E-state index in [-0.39, 0.29) is 5.75 Å². The highest BCUT2D eigenvalue weighted by Gasteiger charge is 2.18. The van der Waals surface area contributed by atoms with Gasteiger partial charge in [0.05, 0.1) is 13.3 Å². The molecule has 1 heterocycles. The summed E-state index contributed by atoms with van der Waals surface area (Å²) in [6, 6.07) is 0. The summed E-state index contributed by atoms with van der Waals surface area (Å²) < 4.78 is 32.7. The van der Waals surface area contributed by atoms with Crippen LogP contribution in [0.5, 0.6) is 5.75 Å². The van der Waals surface area contributed by atoms with Gasteiger partial charge in [-0.1, -0.05) is 0 Å². The lowest BCUT2D eigenvalue weighted by atomic mass is 10.4. The molecule has 0 fully saturated rings. The van der Waals surface area contributed by atoms with E-state index in [0.717, 1.165) is 13.3 Å². The van der Waals surface area contributed by atoms with E-state index in [1.807, 2.05) is 5.10 Å². The smallest absolute Gasteiger partial charge is 0.437 e. The average Bonchev–Trinajstić information content (AvgIpc) is 2.52. The van der Waals surface area contributed by atoms with Gasteiger partial charge in [0.25, 0.3) is 6.43 Å². The fraction of sp³-hybridized carbons (Fsp3) is 0.333. The number of nitrogens with zero attached hydrogens (tertiary/aromatic N) is 1. The molecular weight excluding hydrogens is 186 g/mol. The van der Waals surface area contributed by atoms with E-state index in [1.54, 1.807) is 0 Å². The lowest BCUT2D eigenvalue weighted by Gasteiger charge is -2.01. The van der Waals surface area contributed by atoms with Crippen LogP contribution in [-0.4, -0.2) is 23.5 Å². The molecule has 0 aliphatic heterocycles. The van der Waals surface area contributed by atoms with Crippen molar-refractivity contribution in [1.82, 2.24) is 10.2 Å². The molecule has 5 nitrogen and oxygen atoms in total. The van der Waals surface area contributed by atoms with Crippen molar-refractivity contribution < 1.29 is 23.0 Å². The van der Waals surface area contributed by atoms with E-state index in [2.05, 4.69) is 14.6 Å². The second-order valence-corrected chi connectivity index (χ2v) is 2.00. The Morgan fingerprint density at radius 2 is 2.38 bits per heavy atom. The monoisotopic (exact) mass is 192 g/mol. The molecule has 0 bridgehead atoms. The molecule has 0 saturated carbocycles. The van der Waals surface area contributed by atoms with E-state index in [1.165, 1.54) is 0 Å². The molecule has 7 heteroatoms. The summed E-state index contributed by atoms with van der Waals surface area (Å²) in [5.74, 6) is -0.332. The van der Waals surface area contributed by atoms with Gasteiger partial charge in [-0.3, -0.25) is 5.10 Å². The summed E-state index contributed by atoms with van der Waals surface area (Å²) in [7, 11) is 1.07. The number of hydrogen-bond acceptors (Lipinski definition) is 4. The van der Waals surface area contributed by atoms with E-state index < -0.39 is 18.3 Å². The number of carbonyl (C=O) groups excluding carboxylic acids is 1. The number of aromatic amines is 1. The van der Waals surface area contributed by atoms with E-state index >= 15 is 0 Å². The molecule has 0 radical (unpaired) electrons. The first-order chi connectivity index (χ1) is 6.15. The van der Waals surface area contributed by atoms with Gasteiger partial charge in [0.15, 0.2) is 5.75 Å². The number of halogens is 2. The summed E-state index contributed by atoms with van der Waals surface area (Å²) in [6.45, 7) is 0. The molecule has 13 heavy (non-hydrogen) atoms. The van der Waals surface area contributed by atoms with Crippen LogP contribution in [0.1, 0.15) is 12.1 Å². The Morgan fingerprint density at radius 3 is 2.92 bits per heavy atom. The van der Waals surface area contributed by atoms with Crippen molar-refractivity contribution in [1.29, 1.82) is 0 Å². The van der Waals surface area contributed by atoms with Crippen LogP contribution >= 0.6 is 0 Å². The van der Waals surface area contributed by atoms with Crippen molar-refractivity contribution in [2.45, 2.75) is 6.43 Å². The maximum atomic E-state index is 12.1. The van der Waals surface area contributed by atoms with Crippen molar-refractivity contribution in [2.75, 3.05) is 7.11 Å². The molecule has 0 aliphatic carbocycles. The van der Waals surface area contributed by atoms with E-state index in [0.29, 0.717) is 0 Å². The standard InChI is InChI=1S/C6H6F2N2O3/c1-12-6(11)13-3-2-9-10-4(3)5(7)8/h2,5H,1H3,(H,9,10). The Morgan fingerprint density at radius 1 is 1.69 bits per heavy atom. The van der Waals surface area contributed by atoms with Crippen LogP contribution < -0.4 is 4.74 Å². The molecule has 0 unspecified atom stereocenters. The summed E-state index contributed by atoms with van der Waals surface area (Å²) in [5.41, 5.74) is -0.551. The van der Waals surface area contributed by atoms with Gasteiger partial charge in [-0.25, -0.2) is 13.6 Å². The predicted molar refractivity (Wildman–Crippen MR) is 36.6 cm³/mol. The normalized spacial score (nSPS) is 10.2. The number of methoxy groups -OCH3 is 1. The quantitative estimate of drug-likeness (QED) is 0.721. The second kappa shape index (κ2) is 3.83. The fourth-order valence-electron chi connectivity index (χ4n) is 0.654. The summed E-state index contributed by atoms with van der Waals surface area (Å²) in [4.78, 5) is 10.5. The van der Waals surface area contributed by atoms with Crippen LogP contribution in [-0.2, 0) is 4.74 Å². The van der Waals surface area contributed by atoms with Crippen LogP contribution in [0.25, 0.3) is 0 Å². The zero-order valence-electron chi connectivity index (χ0n) is 6.58. The third kappa shape index (κ3) is 2.14. The number of H-pyrrole nitrogens is 1. The van der Waals surface area contributed by atoms with Gasteiger partial charge in [-0.15, -0.1) is 0 Å². The minimum Gasteiger partial charge on any atom is -0.437 e. The van der Waals surface area contributed by atoms with Crippen molar-refractivity contribution in [3.8, 4) is 5.75 Å². The molecule has 1 rings (SSSR count). The number of hydrogen-bond donors (Lipinski definition) is 1. The predicted octanol–water partition coefficient (Wildman–Crippen LogP) is 1.49. The van der Waals surface area contributed by atoms with Gasteiger partial charge in [0.2, 0.25) is 0 Å². The average molecular weight is 192 g/mol. The Bertz CT molecular complexity index is 300. The Labute approximate surface area is 71.6 Å². The van der Waals surface area contributed by atoms with Crippen molar-refractivity contribution in [3.63, 3.8) is 0 Å². The molecule has 0 aliphatic rings. The van der Waals surface area contributed by atoms with Crippen LogP contribution in [0.3, 0.4) is 0 Å². The number of ether oxygens (including phenoxy) is 2. The topological polar surface area (TPSA) is 64.2 Å². The maximum Gasteiger partial charge on any atom is 0.513 e. The van der Waals surface area contributed by atoms with Crippen LogP contribution in [0.2, 0.25) is 0 Å². The number of carbonyl (C=O) groups is 1. The van der Waals surface area contributed by atoms with Crippen LogP contribution in [0.15, 0.2) is 6.20 Å². The summed E-state index contributed by atoms with van der Waals surface area (Å²) >= 11 is 0. The summed E-state index contributed by atoms with van der Waals surface area (Å²) in [6.07, 6.45) is -2.87. The van der Waals surface area contributed by atoms with Gasteiger partial charge in [-0.2, -0.15) is 5.10 Å². The molecule has 0 aromatic carbocycles. The van der Waals surface area contributed by atoms with E-state index in [4.69, 9.17) is 0 Å². The molecule has 72 valence electrons. The summed E-state index contributed by atoms with van der Waals surface area (Å²) in [5, 5.41) is 5.29. The minimum absolute atomic E-state index is 0.332. The molecule has 0 atom stereocenters. The number of aromatic nitrogens is 2. The largest absolute Gasteiger partial charge is 0.513 e. The van der Waals surface area contributed by atoms with Gasteiger partial charge >= 0.3 is 6.16 Å². The molecule has 1 aromatic heterocycles. The number of rotatable bonds is 2. The van der Waals surface area contributed by atoms with Gasteiger partial charge in [0.1, 0.15) is 5.69 Å². The lowest BCUT2D eigenvalue weighted by Crippen LogP contribution is -2.08. The van der Waals surface area contributed by atoms with Gasteiger partial charge in [-0.05, 0) is 0 Å². The lowest BCUT2D eigenvalue weighted by molar-refractivity contribution is 0.114. The first-order valence-corrected chi connectivity index (χ1v) is 3.22. The van der Waals surface area contributed by atoms with Crippen LogP contribution in [0.4, 0.5) is 13.6 Å². The highest BCUT2D eigenvalue weighted by atomic mass is 19.3. The maximum absolute atomic E-state index is 12.1. The SMILES string of the molecule is COC(=O)Oc1cn[nH]c1C(F)F. The fourth-order valence-corrected chi connectivity index (χ4v) is 0.654. The highest BCUT2D eigenvalue weighted by molar-refractivity contribution is 5.63. The van der Waals surface area contributed by atoms with Gasteiger partial charge in [0, 0.05) is 0 Å². The van der Waals surface area contributed by atoms with Crippen molar-refractivity contribution >= 4 is 6.16 Å². The van der Waals surface area contributed by atoms with E-state index in [9.17, 15) is 13.6 Å². The highest BCUT2D eigenvalue weighted by Crippen LogP contribution is 2.26. The number of alkyl halides is 2. The Hall–Kier alpha value is -1.66. The second-order valence-electron chi connectivity index (χ2n) is 2.00. The van der Waals surface area contributed by atoms with Crippen molar-refractivity contribution in [2.24, 2.45) is 0 Å². The molecular formula is C6H6F2N2O3. The third-order valence-corrected chi connectivity index (χ3v) is 1.21. The van der Waals surface area contributed by atoms with Crippen LogP contribution in [0, 0.1) is 0 Å². The molecule has 1 N–H and O–H groups in total. The van der Waals surface area contributed by atoms with Crippen molar-refractivity contribution in [3.05, 3.63) is 11.9 Å². The zero-order valence-corrected chi connectivity index (χ0v) is 6.58. The molecule has 0 saturated heterocycles. The first kappa shape index (κ1) is 9.43. The molecule has 0 amide bonds. The third-order valence-electron chi connectivity index (χ3n) is 1.21. The Kier molecular flexibility index (Phi) is 2.78. The minimum atomic E-state index is -2.78. The number of nitrogens with one attached hydrogen (secondary N) is 1. The zero-order chi connectivity index (χ0) is 9.84. The molecule has 1 aromatic rings. The first-order valence-electron chi connectivity index (χ1n) is 3.22. The van der Waals surface area contributed by atoms with Gasteiger partial charge < -0.3 is 9.47 Å². The Balaban J connectivity index is 2.76. The molecule has 0 spiro atoms.